The second kappa shape index (κ2) is 4.90. The molecule has 4 heteroatoms. The van der Waals surface area contributed by atoms with Crippen LogP contribution < -0.4 is 5.73 Å². The molecule has 0 atom stereocenters. The minimum atomic E-state index is 0.785. The van der Waals surface area contributed by atoms with E-state index in [-0.39, 0.29) is 0 Å². The molecule has 2 aromatic carbocycles. The van der Waals surface area contributed by atoms with Crippen molar-refractivity contribution >= 4 is 28.4 Å². The molecular formula is C15H13N3S. The molecule has 3 rings (SSSR count). The minimum absolute atomic E-state index is 0.785. The summed E-state index contributed by atoms with van der Waals surface area (Å²) in [5.74, 6) is 0. The zero-order chi connectivity index (χ0) is 13.2. The summed E-state index contributed by atoms with van der Waals surface area (Å²) in [7, 11) is 0. The summed E-state index contributed by atoms with van der Waals surface area (Å²) in [5.41, 5.74) is 8.94. The quantitative estimate of drug-likeness (QED) is 0.568. The van der Waals surface area contributed by atoms with Crippen molar-refractivity contribution in [2.75, 3.05) is 5.73 Å². The second-order valence-electron chi connectivity index (χ2n) is 4.29. The SMILES string of the molecule is Cc1cccc(N)c1Sc1ncnc2ccccc12. The Bertz CT molecular complexity index is 715. The highest BCUT2D eigenvalue weighted by Crippen LogP contribution is 2.36. The van der Waals surface area contributed by atoms with E-state index in [1.54, 1.807) is 18.1 Å². The van der Waals surface area contributed by atoms with Crippen LogP contribution in [0.4, 0.5) is 5.69 Å². The predicted molar refractivity (Wildman–Crippen MR) is 79.3 cm³/mol. The van der Waals surface area contributed by atoms with Crippen LogP contribution >= 0.6 is 11.8 Å². The van der Waals surface area contributed by atoms with Gasteiger partial charge in [-0.05, 0) is 24.6 Å². The molecule has 1 aromatic heterocycles. The van der Waals surface area contributed by atoms with Crippen molar-refractivity contribution < 1.29 is 0 Å². The van der Waals surface area contributed by atoms with Gasteiger partial charge in [-0.25, -0.2) is 9.97 Å². The first-order valence-electron chi connectivity index (χ1n) is 5.98. The number of nitrogen functional groups attached to an aromatic ring is 1. The Hall–Kier alpha value is -2.07. The Balaban J connectivity index is 2.11. The van der Waals surface area contributed by atoms with Crippen LogP contribution in [-0.4, -0.2) is 9.97 Å². The van der Waals surface area contributed by atoms with Crippen molar-refractivity contribution in [3.8, 4) is 0 Å². The number of para-hydroxylation sites is 1. The fourth-order valence-corrected chi connectivity index (χ4v) is 2.96. The molecule has 0 saturated carbocycles. The van der Waals surface area contributed by atoms with Crippen LogP contribution in [-0.2, 0) is 0 Å². The molecule has 94 valence electrons. The number of aromatic nitrogens is 2. The molecule has 0 unspecified atom stereocenters. The molecule has 2 N–H and O–H groups in total. The van der Waals surface area contributed by atoms with Gasteiger partial charge in [0, 0.05) is 16.0 Å². The van der Waals surface area contributed by atoms with Gasteiger partial charge in [0.1, 0.15) is 11.4 Å². The number of anilines is 1. The summed E-state index contributed by atoms with van der Waals surface area (Å²) in [5, 5.41) is 1.99. The number of nitrogens with zero attached hydrogens (tertiary/aromatic N) is 2. The van der Waals surface area contributed by atoms with Gasteiger partial charge >= 0.3 is 0 Å². The highest BCUT2D eigenvalue weighted by molar-refractivity contribution is 7.99. The third-order valence-corrected chi connectivity index (χ3v) is 4.23. The molecule has 0 saturated heterocycles. The van der Waals surface area contributed by atoms with E-state index in [9.17, 15) is 0 Å². The third-order valence-electron chi connectivity index (χ3n) is 2.95. The lowest BCUT2D eigenvalue weighted by molar-refractivity contribution is 1.10. The molecule has 3 aromatic rings. The fraction of sp³-hybridized carbons (Fsp3) is 0.0667. The number of hydrogen-bond acceptors (Lipinski definition) is 4. The molecule has 0 aliphatic carbocycles. The molecule has 0 radical (unpaired) electrons. The smallest absolute Gasteiger partial charge is 0.117 e. The van der Waals surface area contributed by atoms with E-state index >= 15 is 0 Å². The van der Waals surface area contributed by atoms with Crippen LogP contribution in [0.1, 0.15) is 5.56 Å². The van der Waals surface area contributed by atoms with Crippen LogP contribution in [0, 0.1) is 6.92 Å². The zero-order valence-electron chi connectivity index (χ0n) is 10.5. The van der Waals surface area contributed by atoms with Gasteiger partial charge < -0.3 is 5.73 Å². The maximum atomic E-state index is 6.05. The lowest BCUT2D eigenvalue weighted by Gasteiger charge is -2.09. The van der Waals surface area contributed by atoms with Gasteiger partial charge in [0.25, 0.3) is 0 Å². The van der Waals surface area contributed by atoms with Crippen LogP contribution in [0.15, 0.2) is 58.7 Å². The van der Waals surface area contributed by atoms with Crippen molar-refractivity contribution in [3.63, 3.8) is 0 Å². The molecule has 19 heavy (non-hydrogen) atoms. The van der Waals surface area contributed by atoms with Gasteiger partial charge in [-0.2, -0.15) is 0 Å². The van der Waals surface area contributed by atoms with E-state index in [0.717, 1.165) is 32.1 Å². The van der Waals surface area contributed by atoms with E-state index < -0.39 is 0 Å². The Morgan fingerprint density at radius 1 is 1.00 bits per heavy atom. The van der Waals surface area contributed by atoms with E-state index in [2.05, 4.69) is 23.0 Å². The van der Waals surface area contributed by atoms with Gasteiger partial charge in [-0.3, -0.25) is 0 Å². The van der Waals surface area contributed by atoms with Crippen LogP contribution in [0.5, 0.6) is 0 Å². The molecule has 0 fully saturated rings. The average Bonchev–Trinajstić information content (AvgIpc) is 2.43. The molecule has 0 aliphatic heterocycles. The van der Waals surface area contributed by atoms with Gasteiger partial charge in [0.15, 0.2) is 0 Å². The van der Waals surface area contributed by atoms with Gasteiger partial charge in [-0.1, -0.05) is 42.1 Å². The number of aryl methyl sites for hydroxylation is 1. The summed E-state index contributed by atoms with van der Waals surface area (Å²) < 4.78 is 0. The molecular weight excluding hydrogens is 254 g/mol. The number of nitrogens with two attached hydrogens (primary N) is 1. The van der Waals surface area contributed by atoms with Crippen molar-refractivity contribution in [2.24, 2.45) is 0 Å². The van der Waals surface area contributed by atoms with E-state index in [4.69, 9.17) is 5.73 Å². The zero-order valence-corrected chi connectivity index (χ0v) is 11.3. The van der Waals surface area contributed by atoms with E-state index in [1.807, 2.05) is 36.4 Å². The lowest BCUT2D eigenvalue weighted by atomic mass is 10.2. The molecule has 1 heterocycles. The maximum Gasteiger partial charge on any atom is 0.117 e. The largest absolute Gasteiger partial charge is 0.398 e. The maximum absolute atomic E-state index is 6.05. The standard InChI is InChI=1S/C15H13N3S/c1-10-5-4-7-12(16)14(10)19-15-11-6-2-3-8-13(11)17-9-18-15/h2-9H,16H2,1H3. The van der Waals surface area contributed by atoms with Crippen LogP contribution in [0.25, 0.3) is 10.9 Å². The minimum Gasteiger partial charge on any atom is -0.398 e. The Kier molecular flexibility index (Phi) is 3.09. The summed E-state index contributed by atoms with van der Waals surface area (Å²) >= 11 is 1.59. The molecule has 0 bridgehead atoms. The van der Waals surface area contributed by atoms with Gasteiger partial charge in [-0.15, -0.1) is 0 Å². The first-order chi connectivity index (χ1) is 9.25. The Morgan fingerprint density at radius 2 is 1.84 bits per heavy atom. The molecule has 0 amide bonds. The summed E-state index contributed by atoms with van der Waals surface area (Å²) in [6.07, 6.45) is 1.60. The first kappa shape index (κ1) is 12.0. The van der Waals surface area contributed by atoms with Crippen molar-refractivity contribution in [2.45, 2.75) is 16.8 Å². The molecule has 0 aliphatic rings. The number of fused-ring (bicyclic) bond motifs is 1. The highest BCUT2D eigenvalue weighted by Gasteiger charge is 2.09. The number of hydrogen-bond donors (Lipinski definition) is 1. The van der Waals surface area contributed by atoms with Crippen LogP contribution in [0.2, 0.25) is 0 Å². The van der Waals surface area contributed by atoms with Crippen molar-refractivity contribution in [1.29, 1.82) is 0 Å². The highest BCUT2D eigenvalue weighted by atomic mass is 32.2. The van der Waals surface area contributed by atoms with Gasteiger partial charge in [0.05, 0.1) is 5.52 Å². The van der Waals surface area contributed by atoms with E-state index in [0.29, 0.717) is 0 Å². The number of rotatable bonds is 2. The Morgan fingerprint density at radius 3 is 2.68 bits per heavy atom. The second-order valence-corrected chi connectivity index (χ2v) is 5.29. The third kappa shape index (κ3) is 2.27. The van der Waals surface area contributed by atoms with Crippen molar-refractivity contribution in [3.05, 3.63) is 54.4 Å². The van der Waals surface area contributed by atoms with E-state index in [1.165, 1.54) is 0 Å². The summed E-state index contributed by atoms with van der Waals surface area (Å²) in [6, 6.07) is 13.9. The molecule has 0 spiro atoms. The monoisotopic (exact) mass is 267 g/mol. The summed E-state index contributed by atoms with van der Waals surface area (Å²) in [4.78, 5) is 9.71. The molecule has 3 nitrogen and oxygen atoms in total. The first-order valence-corrected chi connectivity index (χ1v) is 6.80. The van der Waals surface area contributed by atoms with Crippen LogP contribution in [0.3, 0.4) is 0 Å². The normalized spacial score (nSPS) is 10.8. The number of benzene rings is 2. The Labute approximate surface area is 115 Å². The predicted octanol–water partition coefficient (Wildman–Crippen LogP) is 3.67. The average molecular weight is 267 g/mol. The lowest BCUT2D eigenvalue weighted by Crippen LogP contribution is -1.92. The fourth-order valence-electron chi connectivity index (χ4n) is 1.97. The summed E-state index contributed by atoms with van der Waals surface area (Å²) in [6.45, 7) is 2.06. The van der Waals surface area contributed by atoms with Gasteiger partial charge in [0.2, 0.25) is 0 Å². The topological polar surface area (TPSA) is 51.8 Å². The van der Waals surface area contributed by atoms with Crippen molar-refractivity contribution in [1.82, 2.24) is 9.97 Å².